The molecule has 3 rings (SSSR count). The SMILES string of the molecule is CCN1CCN(C(C2=CC=CCC2)c2ccc(Cl)cc2)CC1.OCC(O)O. The summed E-state index contributed by atoms with van der Waals surface area (Å²) in [6.07, 6.45) is 7.55. The molecule has 1 saturated heterocycles. The zero-order chi connectivity index (χ0) is 19.6. The quantitative estimate of drug-likeness (QED) is 0.670. The summed E-state index contributed by atoms with van der Waals surface area (Å²) in [5.74, 6) is 0. The minimum atomic E-state index is -1.56. The maximum Gasteiger partial charge on any atom is 0.175 e. The number of rotatable bonds is 5. The van der Waals surface area contributed by atoms with E-state index in [-0.39, 0.29) is 0 Å². The molecule has 1 aromatic rings. The highest BCUT2D eigenvalue weighted by atomic mass is 35.5. The highest BCUT2D eigenvalue weighted by Gasteiger charge is 2.27. The predicted molar refractivity (Wildman–Crippen MR) is 110 cm³/mol. The van der Waals surface area contributed by atoms with Crippen LogP contribution in [0.1, 0.15) is 31.4 Å². The van der Waals surface area contributed by atoms with E-state index in [4.69, 9.17) is 26.9 Å². The Balaban J connectivity index is 0.000000465. The highest BCUT2D eigenvalue weighted by Crippen LogP contribution is 2.34. The van der Waals surface area contributed by atoms with Crippen LogP contribution in [0.3, 0.4) is 0 Å². The van der Waals surface area contributed by atoms with E-state index in [2.05, 4.69) is 47.1 Å². The number of hydrogen-bond acceptors (Lipinski definition) is 5. The van der Waals surface area contributed by atoms with Crippen LogP contribution >= 0.6 is 11.6 Å². The van der Waals surface area contributed by atoms with Crippen molar-refractivity contribution in [3.8, 4) is 0 Å². The smallest absolute Gasteiger partial charge is 0.175 e. The topological polar surface area (TPSA) is 67.2 Å². The summed E-state index contributed by atoms with van der Waals surface area (Å²) in [4.78, 5) is 5.17. The van der Waals surface area contributed by atoms with Gasteiger partial charge in [0.25, 0.3) is 0 Å². The van der Waals surface area contributed by atoms with Crippen molar-refractivity contribution in [2.24, 2.45) is 0 Å². The van der Waals surface area contributed by atoms with Gasteiger partial charge in [0.15, 0.2) is 6.29 Å². The molecule has 0 aromatic heterocycles. The van der Waals surface area contributed by atoms with Gasteiger partial charge in [0.05, 0.1) is 12.6 Å². The van der Waals surface area contributed by atoms with Crippen LogP contribution in [0, 0.1) is 0 Å². The molecule has 1 unspecified atom stereocenters. The molecule has 1 atom stereocenters. The summed E-state index contributed by atoms with van der Waals surface area (Å²) in [6, 6.07) is 8.83. The summed E-state index contributed by atoms with van der Waals surface area (Å²) in [5.41, 5.74) is 2.91. The van der Waals surface area contributed by atoms with Crippen LogP contribution in [0.2, 0.25) is 5.02 Å². The summed E-state index contributed by atoms with van der Waals surface area (Å²) in [6.45, 7) is 7.45. The maximum absolute atomic E-state index is 7.67. The van der Waals surface area contributed by atoms with Crippen LogP contribution in [0.15, 0.2) is 48.1 Å². The molecule has 2 aliphatic rings. The molecule has 6 heteroatoms. The van der Waals surface area contributed by atoms with Crippen molar-refractivity contribution in [1.82, 2.24) is 9.80 Å². The zero-order valence-corrected chi connectivity index (χ0v) is 16.7. The van der Waals surface area contributed by atoms with Crippen LogP contribution in [0.4, 0.5) is 0 Å². The number of piperazine rings is 1. The maximum atomic E-state index is 7.67. The Morgan fingerprint density at radius 1 is 1.07 bits per heavy atom. The Labute approximate surface area is 167 Å². The van der Waals surface area contributed by atoms with Gasteiger partial charge in [-0.1, -0.05) is 48.9 Å². The standard InChI is InChI=1S/C19H25ClN2.C2H6O3/c1-2-21-12-14-22(15-13-21)19(16-6-4-3-5-7-16)17-8-10-18(20)11-9-17;3-1-2(4)5/h3-4,6,8-11,19H,2,5,7,12-15H2,1H3;2-5H,1H2. The van der Waals surface area contributed by atoms with Gasteiger partial charge < -0.3 is 20.2 Å². The van der Waals surface area contributed by atoms with E-state index >= 15 is 0 Å². The fraction of sp³-hybridized carbons (Fsp3) is 0.524. The van der Waals surface area contributed by atoms with Crippen molar-refractivity contribution in [3.63, 3.8) is 0 Å². The predicted octanol–water partition coefficient (Wildman–Crippen LogP) is 2.58. The molecule has 27 heavy (non-hydrogen) atoms. The lowest BCUT2D eigenvalue weighted by Gasteiger charge is -2.40. The Morgan fingerprint density at radius 3 is 2.19 bits per heavy atom. The number of nitrogens with zero attached hydrogens (tertiary/aromatic N) is 2. The van der Waals surface area contributed by atoms with Gasteiger partial charge in [-0.3, -0.25) is 4.90 Å². The summed E-state index contributed by atoms with van der Waals surface area (Å²) in [7, 11) is 0. The van der Waals surface area contributed by atoms with Crippen LogP contribution in [-0.2, 0) is 0 Å². The van der Waals surface area contributed by atoms with E-state index in [1.54, 1.807) is 0 Å². The molecular formula is C21H31ClN2O3. The molecule has 1 aliphatic heterocycles. The molecule has 1 fully saturated rings. The molecule has 0 saturated carbocycles. The first-order chi connectivity index (χ1) is 13.0. The van der Waals surface area contributed by atoms with Gasteiger partial charge in [-0.05, 0) is 42.7 Å². The van der Waals surface area contributed by atoms with Crippen molar-refractivity contribution >= 4 is 11.6 Å². The number of hydrogen-bond donors (Lipinski definition) is 3. The number of aliphatic hydroxyl groups is 3. The summed E-state index contributed by atoms with van der Waals surface area (Å²) >= 11 is 6.08. The second-order valence-electron chi connectivity index (χ2n) is 6.80. The van der Waals surface area contributed by atoms with Gasteiger partial charge in [-0.15, -0.1) is 0 Å². The van der Waals surface area contributed by atoms with Crippen LogP contribution in [0.25, 0.3) is 0 Å². The van der Waals surface area contributed by atoms with E-state index in [0.717, 1.165) is 37.5 Å². The fourth-order valence-electron chi connectivity index (χ4n) is 3.49. The van der Waals surface area contributed by atoms with Crippen molar-refractivity contribution in [3.05, 3.63) is 58.7 Å². The fourth-order valence-corrected chi connectivity index (χ4v) is 3.62. The van der Waals surface area contributed by atoms with E-state index in [1.165, 1.54) is 24.2 Å². The van der Waals surface area contributed by atoms with Crippen molar-refractivity contribution < 1.29 is 15.3 Å². The van der Waals surface area contributed by atoms with Crippen molar-refractivity contribution in [2.75, 3.05) is 39.3 Å². The van der Waals surface area contributed by atoms with Crippen LogP contribution < -0.4 is 0 Å². The molecule has 1 heterocycles. The van der Waals surface area contributed by atoms with Gasteiger partial charge in [0.2, 0.25) is 0 Å². The molecule has 1 aliphatic carbocycles. The Kier molecular flexibility index (Phi) is 9.48. The molecule has 0 bridgehead atoms. The van der Waals surface area contributed by atoms with Gasteiger partial charge in [-0.25, -0.2) is 0 Å². The third kappa shape index (κ3) is 7.03. The molecule has 0 spiro atoms. The lowest BCUT2D eigenvalue weighted by atomic mass is 9.90. The van der Waals surface area contributed by atoms with E-state index < -0.39 is 12.9 Å². The lowest BCUT2D eigenvalue weighted by Crippen LogP contribution is -2.47. The molecule has 1 aromatic carbocycles. The highest BCUT2D eigenvalue weighted by molar-refractivity contribution is 6.30. The molecule has 150 valence electrons. The lowest BCUT2D eigenvalue weighted by molar-refractivity contribution is -0.0747. The number of allylic oxidation sites excluding steroid dienone is 3. The molecular weight excluding hydrogens is 364 g/mol. The molecule has 3 N–H and O–H groups in total. The average molecular weight is 395 g/mol. The first-order valence-corrected chi connectivity index (χ1v) is 9.97. The van der Waals surface area contributed by atoms with Crippen LogP contribution in [0.5, 0.6) is 0 Å². The Hall–Kier alpha value is -1.21. The molecule has 0 radical (unpaired) electrons. The van der Waals surface area contributed by atoms with Gasteiger partial charge in [0.1, 0.15) is 0 Å². The van der Waals surface area contributed by atoms with Gasteiger partial charge >= 0.3 is 0 Å². The Bertz CT molecular complexity index is 608. The number of halogens is 1. The molecule has 5 nitrogen and oxygen atoms in total. The van der Waals surface area contributed by atoms with E-state index in [9.17, 15) is 0 Å². The third-order valence-corrected chi connectivity index (χ3v) is 5.22. The van der Waals surface area contributed by atoms with E-state index in [1.807, 2.05) is 12.1 Å². The second kappa shape index (κ2) is 11.6. The third-order valence-electron chi connectivity index (χ3n) is 4.97. The molecule has 0 amide bonds. The van der Waals surface area contributed by atoms with Gasteiger partial charge in [-0.2, -0.15) is 0 Å². The number of aliphatic hydroxyl groups excluding tert-OH is 2. The number of likely N-dealkylation sites (N-methyl/N-ethyl adjacent to an activating group) is 1. The monoisotopic (exact) mass is 394 g/mol. The normalized spacial score (nSPS) is 19.4. The minimum Gasteiger partial charge on any atom is -0.391 e. The van der Waals surface area contributed by atoms with Crippen molar-refractivity contribution in [1.29, 1.82) is 0 Å². The first-order valence-electron chi connectivity index (χ1n) is 9.59. The Morgan fingerprint density at radius 2 is 1.70 bits per heavy atom. The van der Waals surface area contributed by atoms with Crippen molar-refractivity contribution in [2.45, 2.75) is 32.1 Å². The largest absolute Gasteiger partial charge is 0.391 e. The van der Waals surface area contributed by atoms with Gasteiger partial charge in [0, 0.05) is 31.2 Å². The minimum absolute atomic E-state index is 0.404. The average Bonchev–Trinajstić information content (AvgIpc) is 2.71. The summed E-state index contributed by atoms with van der Waals surface area (Å²) < 4.78 is 0. The zero-order valence-electron chi connectivity index (χ0n) is 16.0. The first kappa shape index (κ1) is 22.1. The van der Waals surface area contributed by atoms with Crippen LogP contribution in [-0.4, -0.2) is 70.7 Å². The second-order valence-corrected chi connectivity index (χ2v) is 7.23. The van der Waals surface area contributed by atoms with E-state index in [0.29, 0.717) is 6.04 Å². The summed E-state index contributed by atoms with van der Waals surface area (Å²) in [5, 5.41) is 23.8. The number of benzene rings is 1.